The molecule has 4 rings (SSSR count). The average molecular weight is 301 g/mol. The van der Waals surface area contributed by atoms with Gasteiger partial charge in [-0.2, -0.15) is 0 Å². The molecule has 3 nitrogen and oxygen atoms in total. The van der Waals surface area contributed by atoms with E-state index in [0.717, 1.165) is 31.4 Å². The lowest BCUT2D eigenvalue weighted by molar-refractivity contribution is 0.434. The number of nitrogens with zero attached hydrogens (tertiary/aromatic N) is 2. The lowest BCUT2D eigenvalue weighted by atomic mass is 10.0. The molecule has 0 radical (unpaired) electrons. The molecule has 5 heteroatoms. The zero-order valence-corrected chi connectivity index (χ0v) is 12.1. The molecule has 2 aromatic rings. The standard InChI is InChI=1S/C17H17F2N3/c18-13-1-2-16(17(19)5-13)12-4-15(9-21-7-12)22-10-11-3-14(22)8-20-6-11/h1-2,4-5,7,9,11,14,20H,3,6,8,10H2. The number of nitrogens with one attached hydrogen (secondary N) is 1. The maximum absolute atomic E-state index is 14.0. The molecule has 1 N–H and O–H groups in total. The summed E-state index contributed by atoms with van der Waals surface area (Å²) in [5.41, 5.74) is 2.08. The van der Waals surface area contributed by atoms with E-state index in [1.54, 1.807) is 6.20 Å². The SMILES string of the molecule is Fc1ccc(-c2cncc(N3CC4CNCC3C4)c2)c(F)c1. The van der Waals surface area contributed by atoms with Gasteiger partial charge in [0.15, 0.2) is 0 Å². The normalized spacial score (nSPS) is 23.8. The monoisotopic (exact) mass is 301 g/mol. The van der Waals surface area contributed by atoms with Gasteiger partial charge in [-0.05, 0) is 37.1 Å². The first-order valence-electron chi connectivity index (χ1n) is 7.58. The van der Waals surface area contributed by atoms with E-state index in [9.17, 15) is 8.78 Å². The van der Waals surface area contributed by atoms with Gasteiger partial charge in [-0.3, -0.25) is 4.98 Å². The van der Waals surface area contributed by atoms with E-state index < -0.39 is 11.6 Å². The number of rotatable bonds is 2. The molecule has 2 bridgehead atoms. The third kappa shape index (κ3) is 2.35. The summed E-state index contributed by atoms with van der Waals surface area (Å²) in [6, 6.07) is 6.08. The van der Waals surface area contributed by atoms with Gasteiger partial charge in [-0.25, -0.2) is 8.78 Å². The summed E-state index contributed by atoms with van der Waals surface area (Å²) >= 11 is 0. The Labute approximate surface area is 128 Å². The summed E-state index contributed by atoms with van der Waals surface area (Å²) in [5.74, 6) is -0.449. The number of benzene rings is 1. The quantitative estimate of drug-likeness (QED) is 0.924. The van der Waals surface area contributed by atoms with Crippen LogP contribution in [-0.4, -0.2) is 30.7 Å². The molecule has 2 atom stereocenters. The second kappa shape index (κ2) is 5.32. The highest BCUT2D eigenvalue weighted by Gasteiger charge is 2.35. The molecular formula is C17H17F2N3. The highest BCUT2D eigenvalue weighted by atomic mass is 19.1. The summed E-state index contributed by atoms with van der Waals surface area (Å²) in [6.07, 6.45) is 4.65. The predicted molar refractivity (Wildman–Crippen MR) is 81.7 cm³/mol. The minimum atomic E-state index is -0.565. The van der Waals surface area contributed by atoms with Gasteiger partial charge in [0.1, 0.15) is 11.6 Å². The van der Waals surface area contributed by atoms with Crippen LogP contribution in [0, 0.1) is 17.6 Å². The van der Waals surface area contributed by atoms with Crippen LogP contribution in [0.1, 0.15) is 6.42 Å². The molecule has 3 heterocycles. The number of hydrogen-bond donors (Lipinski definition) is 1. The Morgan fingerprint density at radius 1 is 1.14 bits per heavy atom. The van der Waals surface area contributed by atoms with Gasteiger partial charge in [-0.1, -0.05) is 0 Å². The Morgan fingerprint density at radius 2 is 2.05 bits per heavy atom. The molecule has 22 heavy (non-hydrogen) atoms. The van der Waals surface area contributed by atoms with Crippen LogP contribution in [0.25, 0.3) is 11.1 Å². The van der Waals surface area contributed by atoms with E-state index in [4.69, 9.17) is 0 Å². The first-order chi connectivity index (χ1) is 10.7. The fourth-order valence-electron chi connectivity index (χ4n) is 3.58. The third-order valence-electron chi connectivity index (χ3n) is 4.61. The molecule has 2 aliphatic heterocycles. The maximum Gasteiger partial charge on any atom is 0.133 e. The largest absolute Gasteiger partial charge is 0.366 e. The molecule has 2 unspecified atom stereocenters. The van der Waals surface area contributed by atoms with Crippen LogP contribution in [0.4, 0.5) is 14.5 Å². The Balaban J connectivity index is 1.69. The smallest absolute Gasteiger partial charge is 0.133 e. The van der Waals surface area contributed by atoms with Crippen molar-refractivity contribution in [1.82, 2.24) is 10.3 Å². The van der Waals surface area contributed by atoms with Gasteiger partial charge in [-0.15, -0.1) is 0 Å². The zero-order valence-electron chi connectivity index (χ0n) is 12.1. The molecule has 114 valence electrons. The minimum absolute atomic E-state index is 0.385. The minimum Gasteiger partial charge on any atom is -0.366 e. The van der Waals surface area contributed by atoms with E-state index in [2.05, 4.69) is 15.2 Å². The number of anilines is 1. The summed E-state index contributed by atoms with van der Waals surface area (Å²) in [4.78, 5) is 6.61. The Hall–Kier alpha value is -2.01. The average Bonchev–Trinajstić information content (AvgIpc) is 2.81. The summed E-state index contributed by atoms with van der Waals surface area (Å²) < 4.78 is 27.0. The van der Waals surface area contributed by atoms with E-state index in [0.29, 0.717) is 23.1 Å². The van der Waals surface area contributed by atoms with Crippen LogP contribution < -0.4 is 10.2 Å². The van der Waals surface area contributed by atoms with E-state index in [-0.39, 0.29) is 0 Å². The third-order valence-corrected chi connectivity index (χ3v) is 4.61. The van der Waals surface area contributed by atoms with Crippen LogP contribution in [0.5, 0.6) is 0 Å². The van der Waals surface area contributed by atoms with Crippen LogP contribution in [0.2, 0.25) is 0 Å². The molecule has 1 aromatic heterocycles. The maximum atomic E-state index is 14.0. The first-order valence-corrected chi connectivity index (χ1v) is 7.58. The predicted octanol–water partition coefficient (Wildman–Crippen LogP) is 2.82. The summed E-state index contributed by atoms with van der Waals surface area (Å²) in [5, 5.41) is 3.44. The van der Waals surface area contributed by atoms with Crippen molar-refractivity contribution in [2.24, 2.45) is 5.92 Å². The van der Waals surface area contributed by atoms with Crippen LogP contribution in [0.15, 0.2) is 36.7 Å². The Bertz CT molecular complexity index is 704. The number of hydrogen-bond acceptors (Lipinski definition) is 3. The van der Waals surface area contributed by atoms with Crippen molar-refractivity contribution in [2.75, 3.05) is 24.5 Å². The molecule has 0 spiro atoms. The second-order valence-corrected chi connectivity index (χ2v) is 6.12. The highest BCUT2D eigenvalue weighted by Crippen LogP contribution is 2.33. The van der Waals surface area contributed by atoms with E-state index in [1.807, 2.05) is 12.3 Å². The second-order valence-electron chi connectivity index (χ2n) is 6.12. The lowest BCUT2D eigenvalue weighted by Gasteiger charge is -2.26. The van der Waals surface area contributed by atoms with Gasteiger partial charge >= 0.3 is 0 Å². The molecule has 0 saturated carbocycles. The Morgan fingerprint density at radius 3 is 2.86 bits per heavy atom. The number of aromatic nitrogens is 1. The summed E-state index contributed by atoms with van der Waals surface area (Å²) in [6.45, 7) is 3.05. The van der Waals surface area contributed by atoms with Crippen molar-refractivity contribution >= 4 is 5.69 Å². The van der Waals surface area contributed by atoms with Crippen molar-refractivity contribution in [3.8, 4) is 11.1 Å². The van der Waals surface area contributed by atoms with E-state index in [1.165, 1.54) is 18.6 Å². The van der Waals surface area contributed by atoms with Crippen molar-refractivity contribution in [2.45, 2.75) is 12.5 Å². The number of piperidine rings is 1. The molecule has 2 aliphatic rings. The number of pyridine rings is 1. The van der Waals surface area contributed by atoms with Gasteiger partial charge in [0.2, 0.25) is 0 Å². The molecule has 0 amide bonds. The van der Waals surface area contributed by atoms with Crippen molar-refractivity contribution in [1.29, 1.82) is 0 Å². The van der Waals surface area contributed by atoms with Crippen LogP contribution in [-0.2, 0) is 0 Å². The molecule has 1 aromatic carbocycles. The lowest BCUT2D eigenvalue weighted by Crippen LogP contribution is -2.39. The summed E-state index contributed by atoms with van der Waals surface area (Å²) in [7, 11) is 0. The van der Waals surface area contributed by atoms with Gasteiger partial charge in [0.05, 0.1) is 11.9 Å². The van der Waals surface area contributed by atoms with Crippen LogP contribution in [0.3, 0.4) is 0 Å². The molecular weight excluding hydrogens is 284 g/mol. The first kappa shape index (κ1) is 13.6. The highest BCUT2D eigenvalue weighted by molar-refractivity contribution is 5.68. The van der Waals surface area contributed by atoms with Crippen molar-refractivity contribution in [3.63, 3.8) is 0 Å². The Kier molecular flexibility index (Phi) is 3.30. The topological polar surface area (TPSA) is 28.2 Å². The molecule has 2 fully saturated rings. The fourth-order valence-corrected chi connectivity index (χ4v) is 3.58. The van der Waals surface area contributed by atoms with Gasteiger partial charge < -0.3 is 10.2 Å². The fraction of sp³-hybridized carbons (Fsp3) is 0.353. The number of halogens is 2. The van der Waals surface area contributed by atoms with Gasteiger partial charge in [0.25, 0.3) is 0 Å². The van der Waals surface area contributed by atoms with Gasteiger partial charge in [0, 0.05) is 42.5 Å². The van der Waals surface area contributed by atoms with Crippen molar-refractivity contribution in [3.05, 3.63) is 48.3 Å². The zero-order chi connectivity index (χ0) is 15.1. The van der Waals surface area contributed by atoms with Crippen molar-refractivity contribution < 1.29 is 8.78 Å². The molecule has 2 saturated heterocycles. The van der Waals surface area contributed by atoms with Crippen LogP contribution >= 0.6 is 0 Å². The van der Waals surface area contributed by atoms with E-state index >= 15 is 0 Å². The molecule has 0 aliphatic carbocycles. The number of fused-ring (bicyclic) bond motifs is 2.